The van der Waals surface area contributed by atoms with E-state index in [1.54, 1.807) is 13.0 Å². The van der Waals surface area contributed by atoms with Crippen molar-refractivity contribution in [2.24, 2.45) is 5.92 Å². The van der Waals surface area contributed by atoms with E-state index in [2.05, 4.69) is 5.32 Å². The number of hydrogen-bond donors (Lipinski definition) is 2. The summed E-state index contributed by atoms with van der Waals surface area (Å²) in [5, 5.41) is 13.1. The number of benzene rings is 1. The molecule has 0 amide bonds. The lowest BCUT2D eigenvalue weighted by molar-refractivity contribution is 0.0266. The summed E-state index contributed by atoms with van der Waals surface area (Å²) >= 11 is 5.57. The SMILES string of the molecule is CC(C)C(C)(O)CNc1ccc(Cl)c(F)c1. The topological polar surface area (TPSA) is 32.3 Å². The van der Waals surface area contributed by atoms with Crippen molar-refractivity contribution in [1.29, 1.82) is 0 Å². The molecule has 0 saturated heterocycles. The van der Waals surface area contributed by atoms with Crippen molar-refractivity contribution in [3.8, 4) is 0 Å². The van der Waals surface area contributed by atoms with Gasteiger partial charge in [0.1, 0.15) is 5.82 Å². The van der Waals surface area contributed by atoms with E-state index in [9.17, 15) is 9.50 Å². The predicted octanol–water partition coefficient (Wildman–Crippen LogP) is 3.30. The number of rotatable bonds is 4. The van der Waals surface area contributed by atoms with Gasteiger partial charge in [0.15, 0.2) is 0 Å². The van der Waals surface area contributed by atoms with E-state index in [1.165, 1.54) is 12.1 Å². The van der Waals surface area contributed by atoms with Crippen LogP contribution in [-0.2, 0) is 0 Å². The van der Waals surface area contributed by atoms with Gasteiger partial charge in [0.05, 0.1) is 10.6 Å². The Bertz CT molecular complexity index is 366. The molecule has 1 aromatic carbocycles. The summed E-state index contributed by atoms with van der Waals surface area (Å²) in [6.07, 6.45) is 0. The number of halogens is 2. The Balaban J connectivity index is 2.65. The van der Waals surface area contributed by atoms with Gasteiger partial charge in [0, 0.05) is 12.2 Å². The van der Waals surface area contributed by atoms with Crippen molar-refractivity contribution < 1.29 is 9.50 Å². The molecule has 0 bridgehead atoms. The van der Waals surface area contributed by atoms with Crippen LogP contribution in [0.15, 0.2) is 18.2 Å². The molecule has 0 radical (unpaired) electrons. The van der Waals surface area contributed by atoms with Crippen molar-refractivity contribution in [2.75, 3.05) is 11.9 Å². The third-order valence-corrected chi connectivity index (χ3v) is 3.12. The van der Waals surface area contributed by atoms with E-state index in [-0.39, 0.29) is 10.9 Å². The molecule has 16 heavy (non-hydrogen) atoms. The van der Waals surface area contributed by atoms with E-state index in [0.717, 1.165) is 0 Å². The molecule has 2 N–H and O–H groups in total. The van der Waals surface area contributed by atoms with Crippen LogP contribution in [0.5, 0.6) is 0 Å². The average Bonchev–Trinajstić information content (AvgIpc) is 2.20. The summed E-state index contributed by atoms with van der Waals surface area (Å²) in [5.41, 5.74) is -0.210. The van der Waals surface area contributed by atoms with Crippen molar-refractivity contribution in [2.45, 2.75) is 26.4 Å². The number of anilines is 1. The zero-order chi connectivity index (χ0) is 12.3. The van der Waals surface area contributed by atoms with Gasteiger partial charge in [0.2, 0.25) is 0 Å². The summed E-state index contributed by atoms with van der Waals surface area (Å²) in [5.74, 6) is -0.340. The van der Waals surface area contributed by atoms with Crippen molar-refractivity contribution in [3.63, 3.8) is 0 Å². The zero-order valence-electron chi connectivity index (χ0n) is 9.72. The molecule has 0 aliphatic heterocycles. The Labute approximate surface area is 100 Å². The van der Waals surface area contributed by atoms with E-state index in [0.29, 0.717) is 12.2 Å². The van der Waals surface area contributed by atoms with Gasteiger partial charge in [0.25, 0.3) is 0 Å². The minimum atomic E-state index is -0.823. The Hall–Kier alpha value is -0.800. The first-order valence-electron chi connectivity index (χ1n) is 5.24. The van der Waals surface area contributed by atoms with E-state index < -0.39 is 11.4 Å². The molecule has 1 unspecified atom stereocenters. The number of nitrogens with one attached hydrogen (secondary N) is 1. The summed E-state index contributed by atoms with van der Waals surface area (Å²) in [6, 6.07) is 4.49. The van der Waals surface area contributed by atoms with Gasteiger partial charge in [-0.3, -0.25) is 0 Å². The quantitative estimate of drug-likeness (QED) is 0.853. The Morgan fingerprint density at radius 2 is 2.12 bits per heavy atom. The monoisotopic (exact) mass is 245 g/mol. The highest BCUT2D eigenvalue weighted by Gasteiger charge is 2.24. The van der Waals surface area contributed by atoms with Gasteiger partial charge in [-0.05, 0) is 31.0 Å². The summed E-state index contributed by atoms with van der Waals surface area (Å²) in [6.45, 7) is 5.98. The minimum Gasteiger partial charge on any atom is -0.388 e. The fraction of sp³-hybridized carbons (Fsp3) is 0.500. The molecule has 1 atom stereocenters. The first-order valence-corrected chi connectivity index (χ1v) is 5.62. The molecule has 0 spiro atoms. The van der Waals surface area contributed by atoms with E-state index >= 15 is 0 Å². The first-order chi connectivity index (χ1) is 7.33. The maximum absolute atomic E-state index is 13.1. The van der Waals surface area contributed by atoms with Crippen molar-refractivity contribution in [3.05, 3.63) is 29.0 Å². The van der Waals surface area contributed by atoms with Gasteiger partial charge in [-0.1, -0.05) is 25.4 Å². The number of aliphatic hydroxyl groups is 1. The molecule has 0 fully saturated rings. The van der Waals surface area contributed by atoms with Crippen LogP contribution in [0.2, 0.25) is 5.02 Å². The minimum absolute atomic E-state index is 0.0983. The van der Waals surface area contributed by atoms with Crippen LogP contribution in [0.4, 0.5) is 10.1 Å². The van der Waals surface area contributed by atoms with Gasteiger partial charge in [-0.25, -0.2) is 4.39 Å². The van der Waals surface area contributed by atoms with E-state index in [1.807, 2.05) is 13.8 Å². The van der Waals surface area contributed by atoms with Gasteiger partial charge in [-0.15, -0.1) is 0 Å². The maximum Gasteiger partial charge on any atom is 0.143 e. The van der Waals surface area contributed by atoms with Gasteiger partial charge >= 0.3 is 0 Å². The molecular weight excluding hydrogens is 229 g/mol. The Morgan fingerprint density at radius 3 is 2.62 bits per heavy atom. The average molecular weight is 246 g/mol. The lowest BCUT2D eigenvalue weighted by Crippen LogP contribution is -2.38. The summed E-state index contributed by atoms with van der Waals surface area (Å²) < 4.78 is 13.1. The zero-order valence-corrected chi connectivity index (χ0v) is 10.5. The van der Waals surface area contributed by atoms with Crippen molar-refractivity contribution >= 4 is 17.3 Å². The standard InChI is InChI=1S/C12H17ClFNO/c1-8(2)12(3,16)7-15-9-4-5-10(13)11(14)6-9/h4-6,8,15-16H,7H2,1-3H3. The van der Waals surface area contributed by atoms with Crippen molar-refractivity contribution in [1.82, 2.24) is 0 Å². The second-order valence-electron chi connectivity index (χ2n) is 4.49. The maximum atomic E-state index is 13.1. The van der Waals surface area contributed by atoms with Crippen LogP contribution in [0, 0.1) is 11.7 Å². The lowest BCUT2D eigenvalue weighted by Gasteiger charge is -2.28. The van der Waals surface area contributed by atoms with Gasteiger partial charge < -0.3 is 10.4 Å². The summed E-state index contributed by atoms with van der Waals surface area (Å²) in [7, 11) is 0. The second kappa shape index (κ2) is 5.02. The highest BCUT2D eigenvalue weighted by Crippen LogP contribution is 2.21. The molecule has 1 rings (SSSR count). The highest BCUT2D eigenvalue weighted by atomic mass is 35.5. The predicted molar refractivity (Wildman–Crippen MR) is 65.4 cm³/mol. The largest absolute Gasteiger partial charge is 0.388 e. The van der Waals surface area contributed by atoms with Crippen LogP contribution in [0.3, 0.4) is 0 Å². The molecular formula is C12H17ClFNO. The molecule has 0 saturated carbocycles. The fourth-order valence-electron chi connectivity index (χ4n) is 1.09. The van der Waals surface area contributed by atoms with E-state index in [4.69, 9.17) is 11.6 Å². The van der Waals surface area contributed by atoms with Crippen LogP contribution in [0.25, 0.3) is 0 Å². The fourth-order valence-corrected chi connectivity index (χ4v) is 1.21. The van der Waals surface area contributed by atoms with Crippen LogP contribution in [0.1, 0.15) is 20.8 Å². The highest BCUT2D eigenvalue weighted by molar-refractivity contribution is 6.30. The molecule has 2 nitrogen and oxygen atoms in total. The normalized spacial score (nSPS) is 14.9. The third kappa shape index (κ3) is 3.35. The third-order valence-electron chi connectivity index (χ3n) is 2.81. The molecule has 1 aromatic rings. The Morgan fingerprint density at radius 1 is 1.50 bits per heavy atom. The molecule has 0 aliphatic rings. The number of hydrogen-bond acceptors (Lipinski definition) is 2. The Kier molecular flexibility index (Phi) is 4.16. The smallest absolute Gasteiger partial charge is 0.143 e. The van der Waals surface area contributed by atoms with Crippen LogP contribution in [-0.4, -0.2) is 17.3 Å². The molecule has 90 valence electrons. The molecule has 0 aliphatic carbocycles. The molecule has 0 aromatic heterocycles. The van der Waals surface area contributed by atoms with Gasteiger partial charge in [-0.2, -0.15) is 0 Å². The molecule has 0 heterocycles. The molecule has 4 heteroatoms. The van der Waals surface area contributed by atoms with Crippen LogP contribution < -0.4 is 5.32 Å². The van der Waals surface area contributed by atoms with Crippen LogP contribution >= 0.6 is 11.6 Å². The lowest BCUT2D eigenvalue weighted by atomic mass is 9.92. The second-order valence-corrected chi connectivity index (χ2v) is 4.90. The first kappa shape index (κ1) is 13.3. The summed E-state index contributed by atoms with van der Waals surface area (Å²) in [4.78, 5) is 0.